The molecule has 1 aliphatic carbocycles. The average molecular weight is 393 g/mol. The molecule has 1 aliphatic heterocycles. The molecule has 0 atom stereocenters. The predicted octanol–water partition coefficient (Wildman–Crippen LogP) is 4.14. The third-order valence-electron chi connectivity index (χ3n) is 6.88. The lowest BCUT2D eigenvalue weighted by Crippen LogP contribution is -2.49. The maximum Gasteiger partial charge on any atom is 0.128 e. The van der Waals surface area contributed by atoms with Crippen LogP contribution < -0.4 is 10.2 Å². The number of anilines is 1. The fraction of sp³-hybridized carbons (Fsp3) is 0.560. The first-order valence-corrected chi connectivity index (χ1v) is 11.4. The Kier molecular flexibility index (Phi) is 6.83. The maximum absolute atomic E-state index is 4.48. The molecule has 4 nitrogen and oxygen atoms in total. The highest BCUT2D eigenvalue weighted by atomic mass is 15.3. The van der Waals surface area contributed by atoms with Crippen molar-refractivity contribution in [3.63, 3.8) is 0 Å². The van der Waals surface area contributed by atoms with E-state index in [2.05, 4.69) is 64.3 Å². The average Bonchev–Trinajstić information content (AvgIpc) is 2.76. The SMILES string of the molecule is Cc1cccc(C)c1C1CCC(NCCN2CCN(c3ccccn3)CC2)CC1. The van der Waals surface area contributed by atoms with Gasteiger partial charge in [0.25, 0.3) is 0 Å². The van der Waals surface area contributed by atoms with Gasteiger partial charge in [-0.25, -0.2) is 4.98 Å². The van der Waals surface area contributed by atoms with E-state index in [0.29, 0.717) is 6.04 Å². The Morgan fingerprint density at radius 3 is 2.28 bits per heavy atom. The number of rotatable bonds is 6. The lowest BCUT2D eigenvalue weighted by Gasteiger charge is -2.36. The molecular formula is C25H36N4. The molecule has 156 valence electrons. The molecule has 4 heteroatoms. The summed E-state index contributed by atoms with van der Waals surface area (Å²) in [5, 5.41) is 3.85. The number of nitrogens with zero attached hydrogens (tertiary/aromatic N) is 3. The van der Waals surface area contributed by atoms with Crippen LogP contribution in [0.2, 0.25) is 0 Å². The highest BCUT2D eigenvalue weighted by Crippen LogP contribution is 2.36. The molecule has 2 aromatic rings. The van der Waals surface area contributed by atoms with Gasteiger partial charge >= 0.3 is 0 Å². The minimum absolute atomic E-state index is 0.699. The van der Waals surface area contributed by atoms with E-state index >= 15 is 0 Å². The Morgan fingerprint density at radius 2 is 1.62 bits per heavy atom. The van der Waals surface area contributed by atoms with Crippen molar-refractivity contribution < 1.29 is 0 Å². The van der Waals surface area contributed by atoms with Gasteiger partial charge in [-0.1, -0.05) is 24.3 Å². The molecule has 0 bridgehead atoms. The lowest BCUT2D eigenvalue weighted by atomic mass is 9.78. The van der Waals surface area contributed by atoms with E-state index < -0.39 is 0 Å². The topological polar surface area (TPSA) is 31.4 Å². The number of hydrogen-bond donors (Lipinski definition) is 1. The van der Waals surface area contributed by atoms with Crippen LogP contribution in [0.15, 0.2) is 42.6 Å². The Bertz CT molecular complexity index is 739. The second kappa shape index (κ2) is 9.73. The highest BCUT2D eigenvalue weighted by molar-refractivity contribution is 5.38. The van der Waals surface area contributed by atoms with Gasteiger partial charge in [0.1, 0.15) is 5.82 Å². The van der Waals surface area contributed by atoms with Gasteiger partial charge in [-0.3, -0.25) is 4.90 Å². The summed E-state index contributed by atoms with van der Waals surface area (Å²) in [6, 6.07) is 13.6. The largest absolute Gasteiger partial charge is 0.354 e. The molecular weight excluding hydrogens is 356 g/mol. The molecule has 4 rings (SSSR count). The summed E-state index contributed by atoms with van der Waals surface area (Å²) < 4.78 is 0. The number of piperazine rings is 1. The molecule has 29 heavy (non-hydrogen) atoms. The molecule has 2 fully saturated rings. The number of hydrogen-bond acceptors (Lipinski definition) is 4. The molecule has 0 unspecified atom stereocenters. The van der Waals surface area contributed by atoms with Gasteiger partial charge in [-0.2, -0.15) is 0 Å². The fourth-order valence-corrected chi connectivity index (χ4v) is 5.23. The Balaban J connectivity index is 1.16. The van der Waals surface area contributed by atoms with Crippen molar-refractivity contribution >= 4 is 5.82 Å². The first-order valence-electron chi connectivity index (χ1n) is 11.4. The number of aromatic nitrogens is 1. The molecule has 1 aromatic heterocycles. The number of pyridine rings is 1. The molecule has 1 saturated carbocycles. The number of aryl methyl sites for hydroxylation is 2. The first kappa shape index (κ1) is 20.4. The van der Waals surface area contributed by atoms with Crippen molar-refractivity contribution in [3.8, 4) is 0 Å². The van der Waals surface area contributed by atoms with E-state index in [9.17, 15) is 0 Å². The van der Waals surface area contributed by atoms with Gasteiger partial charge in [-0.05, 0) is 74.3 Å². The van der Waals surface area contributed by atoms with Crippen molar-refractivity contribution in [2.45, 2.75) is 51.5 Å². The van der Waals surface area contributed by atoms with E-state index in [0.717, 1.165) is 51.0 Å². The van der Waals surface area contributed by atoms with Gasteiger partial charge in [0, 0.05) is 51.5 Å². The highest BCUT2D eigenvalue weighted by Gasteiger charge is 2.24. The van der Waals surface area contributed by atoms with E-state index in [1.165, 1.54) is 36.8 Å². The zero-order valence-corrected chi connectivity index (χ0v) is 18.1. The molecule has 2 aliphatic rings. The summed E-state index contributed by atoms with van der Waals surface area (Å²) >= 11 is 0. The van der Waals surface area contributed by atoms with Gasteiger partial charge in [0.05, 0.1) is 0 Å². The second-order valence-electron chi connectivity index (χ2n) is 8.82. The Labute approximate surface area is 176 Å². The monoisotopic (exact) mass is 392 g/mol. The van der Waals surface area contributed by atoms with E-state index in [-0.39, 0.29) is 0 Å². The zero-order valence-electron chi connectivity index (χ0n) is 18.1. The summed E-state index contributed by atoms with van der Waals surface area (Å²) in [7, 11) is 0. The molecule has 2 heterocycles. The first-order chi connectivity index (χ1) is 14.2. The zero-order chi connectivity index (χ0) is 20.1. The van der Waals surface area contributed by atoms with Crippen LogP contribution >= 0.6 is 0 Å². The Morgan fingerprint density at radius 1 is 0.897 bits per heavy atom. The third-order valence-corrected chi connectivity index (χ3v) is 6.88. The smallest absolute Gasteiger partial charge is 0.128 e. The minimum atomic E-state index is 0.699. The predicted molar refractivity (Wildman–Crippen MR) is 122 cm³/mol. The number of benzene rings is 1. The third kappa shape index (κ3) is 5.18. The normalized spacial score (nSPS) is 23.3. The Hall–Kier alpha value is -1.91. The van der Waals surface area contributed by atoms with Gasteiger partial charge < -0.3 is 10.2 Å². The summed E-state index contributed by atoms with van der Waals surface area (Å²) in [6.07, 6.45) is 7.16. The standard InChI is InChI=1S/C25H36N4/c1-20-6-5-7-21(2)25(20)22-9-11-23(12-10-22)26-14-15-28-16-18-29(19-17-28)24-8-3-4-13-27-24/h3-8,13,22-23,26H,9-12,14-19H2,1-2H3. The van der Waals surface area contributed by atoms with Crippen molar-refractivity contribution in [3.05, 3.63) is 59.3 Å². The van der Waals surface area contributed by atoms with Crippen LogP contribution in [0.5, 0.6) is 0 Å². The van der Waals surface area contributed by atoms with Gasteiger partial charge in [0.15, 0.2) is 0 Å². The summed E-state index contributed by atoms with van der Waals surface area (Å²) in [6.45, 7) is 11.3. The van der Waals surface area contributed by atoms with E-state index in [1.54, 1.807) is 5.56 Å². The van der Waals surface area contributed by atoms with Crippen molar-refractivity contribution in [1.82, 2.24) is 15.2 Å². The maximum atomic E-state index is 4.48. The summed E-state index contributed by atoms with van der Waals surface area (Å²) in [4.78, 5) is 9.48. The van der Waals surface area contributed by atoms with Gasteiger partial charge in [-0.15, -0.1) is 0 Å². The molecule has 0 amide bonds. The van der Waals surface area contributed by atoms with Crippen LogP contribution in [0, 0.1) is 13.8 Å². The van der Waals surface area contributed by atoms with Crippen LogP contribution in [0.3, 0.4) is 0 Å². The van der Waals surface area contributed by atoms with Gasteiger partial charge in [0.2, 0.25) is 0 Å². The van der Waals surface area contributed by atoms with Crippen LogP contribution in [-0.2, 0) is 0 Å². The fourth-order valence-electron chi connectivity index (χ4n) is 5.23. The van der Waals surface area contributed by atoms with E-state index in [1.807, 2.05) is 12.3 Å². The van der Waals surface area contributed by atoms with Crippen LogP contribution in [0.25, 0.3) is 0 Å². The molecule has 0 spiro atoms. The number of nitrogens with one attached hydrogen (secondary N) is 1. The molecule has 1 N–H and O–H groups in total. The molecule has 1 aromatic carbocycles. The van der Waals surface area contributed by atoms with Crippen LogP contribution in [0.1, 0.15) is 48.3 Å². The molecule has 1 saturated heterocycles. The lowest BCUT2D eigenvalue weighted by molar-refractivity contribution is 0.246. The minimum Gasteiger partial charge on any atom is -0.354 e. The summed E-state index contributed by atoms with van der Waals surface area (Å²) in [5.74, 6) is 1.87. The van der Waals surface area contributed by atoms with Crippen LogP contribution in [-0.4, -0.2) is 55.2 Å². The van der Waals surface area contributed by atoms with E-state index in [4.69, 9.17) is 0 Å². The van der Waals surface area contributed by atoms with Crippen molar-refractivity contribution in [1.29, 1.82) is 0 Å². The van der Waals surface area contributed by atoms with Crippen molar-refractivity contribution in [2.75, 3.05) is 44.2 Å². The van der Waals surface area contributed by atoms with Crippen molar-refractivity contribution in [2.24, 2.45) is 0 Å². The quantitative estimate of drug-likeness (QED) is 0.801. The summed E-state index contributed by atoms with van der Waals surface area (Å²) in [5.41, 5.74) is 4.58. The second-order valence-corrected chi connectivity index (χ2v) is 8.82. The van der Waals surface area contributed by atoms with Crippen LogP contribution in [0.4, 0.5) is 5.82 Å². The molecule has 0 radical (unpaired) electrons.